The number of nitrogens with two attached hydrogens (primary N) is 2. The van der Waals surface area contributed by atoms with E-state index in [-0.39, 0.29) is 14.0 Å². The van der Waals surface area contributed by atoms with Crippen molar-refractivity contribution in [2.45, 2.75) is 32.9 Å². The summed E-state index contributed by atoms with van der Waals surface area (Å²) in [5, 5.41) is 31.2. The van der Waals surface area contributed by atoms with Crippen LogP contribution >= 0.6 is 0 Å². The number of aliphatic hydroxyl groups is 2. The van der Waals surface area contributed by atoms with E-state index in [1.54, 1.807) is 30.3 Å². The van der Waals surface area contributed by atoms with Crippen molar-refractivity contribution >= 4 is 29.7 Å². The van der Waals surface area contributed by atoms with Crippen molar-refractivity contribution in [1.29, 1.82) is 0 Å². The van der Waals surface area contributed by atoms with Gasteiger partial charge in [-0.25, -0.2) is 20.4 Å². The van der Waals surface area contributed by atoms with Crippen LogP contribution in [0.4, 0.5) is 9.59 Å². The van der Waals surface area contributed by atoms with Crippen molar-refractivity contribution in [3.63, 3.8) is 0 Å². The molecule has 0 aromatic heterocycles. The topological polar surface area (TPSA) is 229 Å². The second-order valence-electron chi connectivity index (χ2n) is 6.96. The number of carbonyl (C=O) groups is 5. The van der Waals surface area contributed by atoms with Gasteiger partial charge >= 0.3 is 18.0 Å². The van der Waals surface area contributed by atoms with Crippen molar-refractivity contribution in [1.82, 2.24) is 20.8 Å². The molecule has 0 saturated carbocycles. The van der Waals surface area contributed by atoms with Gasteiger partial charge in [-0.3, -0.25) is 24.8 Å². The zero-order chi connectivity index (χ0) is 25.0. The number of benzene rings is 1. The Morgan fingerprint density at radius 1 is 1.03 bits per heavy atom. The minimum absolute atomic E-state index is 0. The van der Waals surface area contributed by atoms with Crippen LogP contribution in [0.5, 0.6) is 0 Å². The molecule has 1 rings (SSSR count). The lowest BCUT2D eigenvalue weighted by molar-refractivity contribution is -0.138. The molecule has 0 aliphatic heterocycles. The smallest absolute Gasteiger partial charge is 0.333 e. The maximum Gasteiger partial charge on any atom is 0.333 e. The minimum atomic E-state index is -1.42. The van der Waals surface area contributed by atoms with Crippen molar-refractivity contribution in [2.24, 2.45) is 17.5 Å². The Labute approximate surface area is 196 Å². The molecule has 0 saturated heterocycles. The molecule has 0 aliphatic rings. The number of amides is 5. The Kier molecular flexibility index (Phi) is 13.5. The lowest BCUT2D eigenvalue weighted by Crippen LogP contribution is -2.54. The van der Waals surface area contributed by atoms with Crippen LogP contribution in [-0.4, -0.2) is 80.9 Å². The van der Waals surface area contributed by atoms with E-state index in [4.69, 9.17) is 16.7 Å². The molecular formula is C20H32N6O8. The molecule has 0 unspecified atom stereocenters. The highest BCUT2D eigenvalue weighted by Gasteiger charge is 2.29. The largest absolute Gasteiger partial charge is 0.481 e. The summed E-state index contributed by atoms with van der Waals surface area (Å²) >= 11 is 0. The molecule has 190 valence electrons. The van der Waals surface area contributed by atoms with Gasteiger partial charge in [-0.15, -0.1) is 0 Å². The van der Waals surface area contributed by atoms with E-state index >= 15 is 0 Å². The van der Waals surface area contributed by atoms with Gasteiger partial charge in [0.05, 0.1) is 38.6 Å². The highest BCUT2D eigenvalue weighted by molar-refractivity contribution is 5.92. The lowest BCUT2D eigenvalue weighted by Gasteiger charge is -2.24. The van der Waals surface area contributed by atoms with E-state index in [1.165, 1.54) is 0 Å². The third-order valence-corrected chi connectivity index (χ3v) is 4.42. The van der Waals surface area contributed by atoms with Crippen molar-refractivity contribution < 1.29 is 39.3 Å². The fourth-order valence-electron chi connectivity index (χ4n) is 2.59. The van der Waals surface area contributed by atoms with E-state index in [0.29, 0.717) is 5.01 Å². The van der Waals surface area contributed by atoms with Gasteiger partial charge in [0.25, 0.3) is 0 Å². The van der Waals surface area contributed by atoms with Crippen molar-refractivity contribution in [3.05, 3.63) is 35.9 Å². The van der Waals surface area contributed by atoms with Crippen LogP contribution in [0, 0.1) is 5.92 Å². The Morgan fingerprint density at radius 2 is 1.65 bits per heavy atom. The predicted octanol–water partition coefficient (Wildman–Crippen LogP) is -1.48. The molecule has 0 bridgehead atoms. The predicted molar refractivity (Wildman–Crippen MR) is 119 cm³/mol. The first kappa shape index (κ1) is 30.2. The van der Waals surface area contributed by atoms with Crippen LogP contribution < -0.4 is 22.3 Å². The second-order valence-corrected chi connectivity index (χ2v) is 6.96. The lowest BCUT2D eigenvalue weighted by atomic mass is 9.99. The van der Waals surface area contributed by atoms with Crippen LogP contribution in [0.3, 0.4) is 0 Å². The maximum absolute atomic E-state index is 12.5. The highest BCUT2D eigenvalue weighted by atomic mass is 16.4. The summed E-state index contributed by atoms with van der Waals surface area (Å²) in [4.78, 5) is 59.1. The molecule has 0 fully saturated rings. The number of carbonyl (C=O) groups excluding carboxylic acids is 4. The van der Waals surface area contributed by atoms with E-state index in [9.17, 15) is 34.2 Å². The molecule has 1 aromatic carbocycles. The number of carboxylic acids is 1. The van der Waals surface area contributed by atoms with Gasteiger partial charge in [0.1, 0.15) is 6.04 Å². The zero-order valence-corrected chi connectivity index (χ0v) is 17.7. The molecule has 0 aliphatic carbocycles. The van der Waals surface area contributed by atoms with Gasteiger partial charge in [0.2, 0.25) is 5.91 Å². The zero-order valence-electron chi connectivity index (χ0n) is 17.7. The Morgan fingerprint density at radius 3 is 2.15 bits per heavy atom. The van der Waals surface area contributed by atoms with Crippen molar-refractivity contribution in [3.8, 4) is 0 Å². The summed E-state index contributed by atoms with van der Waals surface area (Å²) < 4.78 is 0. The van der Waals surface area contributed by atoms with Gasteiger partial charge in [0, 0.05) is 6.42 Å². The Balaban J connectivity index is 0.0000109. The normalized spacial score (nSPS) is 11.9. The Hall–Kier alpha value is -3.75. The molecule has 2 atom stereocenters. The SMILES string of the molecule is C.NC(=O)N(CCC(=O)O)NC(=O)[C@H](CO)CC(=O)[C@H](CO)NC(=O)N(N)Cc1ccccc1. The number of hydrogen-bond donors (Lipinski definition) is 7. The Bertz CT molecular complexity index is 838. The fourth-order valence-corrected chi connectivity index (χ4v) is 2.59. The van der Waals surface area contributed by atoms with E-state index in [1.807, 2.05) is 5.43 Å². The summed E-state index contributed by atoms with van der Waals surface area (Å²) in [6, 6.07) is 5.34. The number of aliphatic carboxylic acids is 1. The maximum atomic E-state index is 12.5. The number of carboxylic acid groups (broad SMARTS) is 1. The van der Waals surface area contributed by atoms with Gasteiger partial charge in [-0.05, 0) is 5.56 Å². The molecule has 5 amide bonds. The van der Waals surface area contributed by atoms with E-state index in [2.05, 4.69) is 5.32 Å². The quantitative estimate of drug-likeness (QED) is 0.104. The number of nitrogens with one attached hydrogen (secondary N) is 2. The van der Waals surface area contributed by atoms with Crippen molar-refractivity contribution in [2.75, 3.05) is 19.8 Å². The third kappa shape index (κ3) is 10.2. The summed E-state index contributed by atoms with van der Waals surface area (Å²) in [6.07, 6.45) is -1.12. The molecular weight excluding hydrogens is 452 g/mol. The second kappa shape index (κ2) is 15.2. The number of hydrogen-bond acceptors (Lipinski definition) is 8. The number of Topliss-reactive ketones (excluding diaryl/α,β-unsaturated/α-hetero) is 1. The fraction of sp³-hybridized carbons (Fsp3) is 0.450. The molecule has 1 aromatic rings. The third-order valence-electron chi connectivity index (χ3n) is 4.42. The summed E-state index contributed by atoms with van der Waals surface area (Å²) in [5.41, 5.74) is 7.84. The summed E-state index contributed by atoms with van der Waals surface area (Å²) in [5.74, 6) is 1.31. The number of ketones is 1. The molecule has 34 heavy (non-hydrogen) atoms. The van der Waals surface area contributed by atoms with Crippen LogP contribution in [-0.2, 0) is 20.9 Å². The van der Waals surface area contributed by atoms with Crippen LogP contribution in [0.15, 0.2) is 30.3 Å². The number of hydrazine groups is 2. The molecule has 0 spiro atoms. The van der Waals surface area contributed by atoms with Gasteiger partial charge in [0.15, 0.2) is 5.78 Å². The van der Waals surface area contributed by atoms with E-state index in [0.717, 1.165) is 10.6 Å². The summed E-state index contributed by atoms with van der Waals surface area (Å²) in [6.45, 7) is -2.02. The van der Waals surface area contributed by atoms with E-state index < -0.39 is 74.3 Å². The standard InChI is InChI=1S/C19H28N6O8.CH4/c20-18(32)25(7-6-16(29)30)23-17(31)13(10-26)8-15(28)14(11-27)22-19(33)24(21)9-12-4-2-1-3-5-12;/h1-5,13-14,26-27H,6-11,21H2,(H2,20,32)(H,22,33)(H,23,31)(H,29,30);1H4/t13-,14-;/m0./s1. The first-order chi connectivity index (χ1) is 15.6. The first-order valence-electron chi connectivity index (χ1n) is 9.79. The number of urea groups is 2. The highest BCUT2D eigenvalue weighted by Crippen LogP contribution is 2.08. The van der Waals surface area contributed by atoms with Gasteiger partial charge in [-0.1, -0.05) is 37.8 Å². The molecule has 0 heterocycles. The molecule has 14 nitrogen and oxygen atoms in total. The van der Waals surface area contributed by atoms with Gasteiger partial charge in [-0.2, -0.15) is 0 Å². The minimum Gasteiger partial charge on any atom is -0.481 e. The van der Waals surface area contributed by atoms with Gasteiger partial charge < -0.3 is 26.4 Å². The first-order valence-corrected chi connectivity index (χ1v) is 9.79. The molecule has 9 N–H and O–H groups in total. The average Bonchev–Trinajstić information content (AvgIpc) is 2.78. The number of primary amides is 1. The van der Waals surface area contributed by atoms with Crippen LogP contribution in [0.2, 0.25) is 0 Å². The number of nitrogens with zero attached hydrogens (tertiary/aromatic N) is 2. The number of aliphatic hydroxyl groups excluding tert-OH is 2. The molecule has 0 radical (unpaired) electrons. The molecule has 14 heteroatoms. The van der Waals surface area contributed by atoms with Crippen LogP contribution in [0.25, 0.3) is 0 Å². The summed E-state index contributed by atoms with van der Waals surface area (Å²) in [7, 11) is 0. The average molecular weight is 485 g/mol. The van der Waals surface area contributed by atoms with Crippen LogP contribution in [0.1, 0.15) is 25.8 Å². The number of rotatable bonds is 12. The monoisotopic (exact) mass is 484 g/mol.